The lowest BCUT2D eigenvalue weighted by atomic mass is 9.98. The standard InChI is InChI=1S/C34H24Cl2N2O2/c35-28-17-14-26(21-29(28)36)33-19-20-34(40-33)32(39)18-13-23-11-15-27(16-12-23)38-31(25-9-5-2-6-10-25)22-30(37-38)24-7-3-1-4-8-24/h1-21,31H,22H2. The van der Waals surface area contributed by atoms with Gasteiger partial charge in [-0.2, -0.15) is 5.10 Å². The van der Waals surface area contributed by atoms with Crippen molar-refractivity contribution in [1.82, 2.24) is 0 Å². The molecule has 0 saturated carbocycles. The molecule has 4 aromatic carbocycles. The maximum Gasteiger partial charge on any atom is 0.221 e. The molecule has 1 aromatic heterocycles. The molecule has 1 aliphatic heterocycles. The van der Waals surface area contributed by atoms with Gasteiger partial charge in [0.2, 0.25) is 5.78 Å². The van der Waals surface area contributed by atoms with E-state index in [9.17, 15) is 4.79 Å². The lowest BCUT2D eigenvalue weighted by Crippen LogP contribution is -2.18. The number of benzene rings is 4. The zero-order chi connectivity index (χ0) is 27.5. The maximum atomic E-state index is 12.8. The molecule has 1 atom stereocenters. The predicted octanol–water partition coefficient (Wildman–Crippen LogP) is 9.51. The Morgan fingerprint density at radius 1 is 0.800 bits per heavy atom. The largest absolute Gasteiger partial charge is 0.453 e. The molecule has 0 N–H and O–H groups in total. The van der Waals surface area contributed by atoms with Crippen LogP contribution in [0, 0.1) is 0 Å². The predicted molar refractivity (Wildman–Crippen MR) is 163 cm³/mol. The average Bonchev–Trinajstić information content (AvgIpc) is 3.67. The second kappa shape index (κ2) is 11.4. The lowest BCUT2D eigenvalue weighted by Gasteiger charge is -2.24. The molecule has 0 saturated heterocycles. The molecule has 5 aromatic rings. The summed E-state index contributed by atoms with van der Waals surface area (Å²) < 4.78 is 5.78. The van der Waals surface area contributed by atoms with Gasteiger partial charge >= 0.3 is 0 Å². The van der Waals surface area contributed by atoms with Crippen LogP contribution in [0.15, 0.2) is 131 Å². The molecule has 0 amide bonds. The summed E-state index contributed by atoms with van der Waals surface area (Å²) in [6.45, 7) is 0. The van der Waals surface area contributed by atoms with E-state index < -0.39 is 0 Å². The van der Waals surface area contributed by atoms with E-state index in [4.69, 9.17) is 32.7 Å². The molecule has 1 unspecified atom stereocenters. The summed E-state index contributed by atoms with van der Waals surface area (Å²) in [6, 6.07) is 37.5. The Hall–Kier alpha value is -4.38. The van der Waals surface area contributed by atoms with Crippen LogP contribution >= 0.6 is 23.2 Å². The minimum atomic E-state index is -0.226. The summed E-state index contributed by atoms with van der Waals surface area (Å²) in [4.78, 5) is 12.8. The molecule has 0 fully saturated rings. The summed E-state index contributed by atoms with van der Waals surface area (Å²) in [6.07, 6.45) is 4.11. The molecule has 40 heavy (non-hydrogen) atoms. The number of rotatable bonds is 7. The maximum absolute atomic E-state index is 12.8. The first kappa shape index (κ1) is 25.9. The number of ketones is 1. The zero-order valence-electron chi connectivity index (χ0n) is 21.4. The first-order chi connectivity index (χ1) is 19.5. The first-order valence-corrected chi connectivity index (χ1v) is 13.7. The molecule has 1 aliphatic rings. The van der Waals surface area contributed by atoms with Crippen LogP contribution in [-0.2, 0) is 0 Å². The number of halogens is 2. The van der Waals surface area contributed by atoms with Crippen molar-refractivity contribution in [2.24, 2.45) is 5.10 Å². The third-order valence-electron chi connectivity index (χ3n) is 6.84. The quantitative estimate of drug-likeness (QED) is 0.146. The van der Waals surface area contributed by atoms with E-state index in [0.717, 1.165) is 34.5 Å². The fourth-order valence-corrected chi connectivity index (χ4v) is 5.05. The fourth-order valence-electron chi connectivity index (χ4n) is 4.76. The van der Waals surface area contributed by atoms with Crippen LogP contribution < -0.4 is 5.01 Å². The highest BCUT2D eigenvalue weighted by Gasteiger charge is 2.29. The van der Waals surface area contributed by atoms with Gasteiger partial charge in [-0.05, 0) is 65.2 Å². The van der Waals surface area contributed by atoms with E-state index in [1.165, 1.54) is 11.6 Å². The highest BCUT2D eigenvalue weighted by molar-refractivity contribution is 6.42. The van der Waals surface area contributed by atoms with Crippen molar-refractivity contribution in [2.75, 3.05) is 5.01 Å². The van der Waals surface area contributed by atoms with Crippen molar-refractivity contribution in [3.05, 3.63) is 154 Å². The van der Waals surface area contributed by atoms with Gasteiger partial charge in [0.05, 0.1) is 27.5 Å². The molecule has 6 rings (SSSR count). The molecule has 6 heteroatoms. The number of hydrogen-bond donors (Lipinski definition) is 0. The van der Waals surface area contributed by atoms with E-state index in [1.54, 1.807) is 36.4 Å². The third kappa shape index (κ3) is 5.50. The van der Waals surface area contributed by atoms with Gasteiger partial charge in [0.25, 0.3) is 0 Å². The first-order valence-electron chi connectivity index (χ1n) is 12.9. The lowest BCUT2D eigenvalue weighted by molar-refractivity contribution is 0.102. The summed E-state index contributed by atoms with van der Waals surface area (Å²) in [7, 11) is 0. The number of hydrazone groups is 1. The normalized spacial score (nSPS) is 15.0. The Morgan fingerprint density at radius 2 is 1.52 bits per heavy atom. The van der Waals surface area contributed by atoms with E-state index in [2.05, 4.69) is 41.4 Å². The number of furan rings is 1. The second-order valence-corrected chi connectivity index (χ2v) is 10.3. The van der Waals surface area contributed by atoms with Crippen molar-refractivity contribution >= 4 is 46.5 Å². The number of anilines is 1. The van der Waals surface area contributed by atoms with Gasteiger partial charge in [0.15, 0.2) is 5.76 Å². The molecular weight excluding hydrogens is 539 g/mol. The Bertz CT molecular complexity index is 1710. The van der Waals surface area contributed by atoms with Crippen LogP contribution in [0.1, 0.15) is 39.7 Å². The molecule has 4 nitrogen and oxygen atoms in total. The van der Waals surface area contributed by atoms with Gasteiger partial charge in [-0.25, -0.2) is 0 Å². The summed E-state index contributed by atoms with van der Waals surface area (Å²) in [5, 5.41) is 8.00. The Morgan fingerprint density at radius 3 is 2.25 bits per heavy atom. The Labute approximate surface area is 242 Å². The van der Waals surface area contributed by atoms with Crippen molar-refractivity contribution in [3.8, 4) is 11.3 Å². The van der Waals surface area contributed by atoms with Crippen molar-refractivity contribution < 1.29 is 9.21 Å². The minimum absolute atomic E-state index is 0.100. The molecule has 2 heterocycles. The Balaban J connectivity index is 1.20. The second-order valence-electron chi connectivity index (χ2n) is 9.47. The van der Waals surface area contributed by atoms with E-state index >= 15 is 0 Å². The average molecular weight is 563 g/mol. The van der Waals surface area contributed by atoms with Crippen molar-refractivity contribution in [1.29, 1.82) is 0 Å². The highest BCUT2D eigenvalue weighted by atomic mass is 35.5. The van der Waals surface area contributed by atoms with Gasteiger partial charge < -0.3 is 4.42 Å². The highest BCUT2D eigenvalue weighted by Crippen LogP contribution is 2.37. The van der Waals surface area contributed by atoms with Crippen LogP contribution in [0.5, 0.6) is 0 Å². The van der Waals surface area contributed by atoms with Crippen molar-refractivity contribution in [3.63, 3.8) is 0 Å². The van der Waals surface area contributed by atoms with Gasteiger partial charge in [-0.3, -0.25) is 9.80 Å². The number of hydrogen-bond acceptors (Lipinski definition) is 4. The molecule has 0 radical (unpaired) electrons. The topological polar surface area (TPSA) is 45.8 Å². The molecule has 0 bridgehead atoms. The van der Waals surface area contributed by atoms with Gasteiger partial charge in [0, 0.05) is 12.0 Å². The zero-order valence-corrected chi connectivity index (χ0v) is 22.9. The van der Waals surface area contributed by atoms with Crippen LogP contribution in [0.25, 0.3) is 17.4 Å². The minimum Gasteiger partial charge on any atom is -0.453 e. The number of nitrogens with zero attached hydrogens (tertiary/aromatic N) is 2. The smallest absolute Gasteiger partial charge is 0.221 e. The van der Waals surface area contributed by atoms with E-state index in [-0.39, 0.29) is 17.6 Å². The molecule has 196 valence electrons. The van der Waals surface area contributed by atoms with Gasteiger partial charge in [-0.1, -0.05) is 102 Å². The number of allylic oxidation sites excluding steroid dienone is 1. The number of carbonyl (C=O) groups excluding carboxylic acids is 1. The van der Waals surface area contributed by atoms with Crippen LogP contribution in [0.3, 0.4) is 0 Å². The van der Waals surface area contributed by atoms with Crippen molar-refractivity contribution in [2.45, 2.75) is 12.5 Å². The van der Waals surface area contributed by atoms with E-state index in [1.807, 2.05) is 48.5 Å². The third-order valence-corrected chi connectivity index (χ3v) is 7.58. The summed E-state index contributed by atoms with van der Waals surface area (Å²) in [5.74, 6) is 0.573. The fraction of sp³-hybridized carbons (Fsp3) is 0.0588. The van der Waals surface area contributed by atoms with Gasteiger partial charge in [-0.15, -0.1) is 0 Å². The summed E-state index contributed by atoms with van der Waals surface area (Å²) in [5.41, 5.74) is 6.04. The Kier molecular flexibility index (Phi) is 7.37. The monoisotopic (exact) mass is 562 g/mol. The molecule has 0 spiro atoms. The van der Waals surface area contributed by atoms with E-state index in [0.29, 0.717) is 15.8 Å². The van der Waals surface area contributed by atoms with Crippen LogP contribution in [0.4, 0.5) is 5.69 Å². The summed E-state index contributed by atoms with van der Waals surface area (Å²) >= 11 is 12.1. The van der Waals surface area contributed by atoms with Crippen LogP contribution in [-0.4, -0.2) is 11.5 Å². The molecular formula is C34H24Cl2N2O2. The molecule has 0 aliphatic carbocycles. The SMILES string of the molecule is O=C(C=Cc1ccc(N2N=C(c3ccccc3)CC2c2ccccc2)cc1)c1ccc(-c2ccc(Cl)c(Cl)c2)o1. The number of carbonyl (C=O) groups is 1. The van der Waals surface area contributed by atoms with Gasteiger partial charge in [0.1, 0.15) is 5.76 Å². The van der Waals surface area contributed by atoms with Crippen LogP contribution in [0.2, 0.25) is 10.0 Å².